The Kier molecular flexibility index (Phi) is 6.81. The lowest BCUT2D eigenvalue weighted by atomic mass is 10.1. The number of aryl methyl sites for hydroxylation is 1. The van der Waals surface area contributed by atoms with Gasteiger partial charge in [0.2, 0.25) is 0 Å². The van der Waals surface area contributed by atoms with Crippen LogP contribution in [0.15, 0.2) is 41.4 Å². The summed E-state index contributed by atoms with van der Waals surface area (Å²) in [4.78, 5) is 4.67. The first kappa shape index (κ1) is 16.4. The fourth-order valence-electron chi connectivity index (χ4n) is 2.51. The molecule has 1 aliphatic rings. The van der Waals surface area contributed by atoms with Crippen molar-refractivity contribution >= 4 is 5.96 Å². The van der Waals surface area contributed by atoms with E-state index in [1.165, 1.54) is 5.56 Å². The van der Waals surface area contributed by atoms with Crippen LogP contribution in [0.4, 0.5) is 0 Å². The van der Waals surface area contributed by atoms with Crippen LogP contribution in [0.5, 0.6) is 5.75 Å². The molecule has 1 aromatic rings. The van der Waals surface area contributed by atoms with E-state index in [4.69, 9.17) is 4.74 Å². The number of rotatable bonds is 7. The van der Waals surface area contributed by atoms with E-state index in [0.717, 1.165) is 50.5 Å². The molecule has 1 aromatic carbocycles. The molecule has 2 rings (SSSR count). The van der Waals surface area contributed by atoms with Crippen LogP contribution in [-0.4, -0.2) is 32.2 Å². The second-order valence-electron chi connectivity index (χ2n) is 5.50. The molecule has 0 fully saturated rings. The molecule has 0 heterocycles. The Morgan fingerprint density at radius 2 is 1.95 bits per heavy atom. The van der Waals surface area contributed by atoms with Crippen molar-refractivity contribution in [2.24, 2.45) is 4.99 Å². The molecule has 120 valence electrons. The molecule has 4 heteroatoms. The highest BCUT2D eigenvalue weighted by Crippen LogP contribution is 2.12. The predicted molar refractivity (Wildman–Crippen MR) is 92.6 cm³/mol. The summed E-state index contributed by atoms with van der Waals surface area (Å²) < 4.78 is 5.17. The Labute approximate surface area is 133 Å². The van der Waals surface area contributed by atoms with E-state index in [0.29, 0.717) is 6.04 Å². The summed E-state index contributed by atoms with van der Waals surface area (Å²) in [5.74, 6) is 1.84. The minimum absolute atomic E-state index is 0.499. The van der Waals surface area contributed by atoms with E-state index in [-0.39, 0.29) is 0 Å². The lowest BCUT2D eigenvalue weighted by Gasteiger charge is -2.16. The number of nitrogens with one attached hydrogen (secondary N) is 2. The first-order chi connectivity index (χ1) is 10.8. The summed E-state index contributed by atoms with van der Waals surface area (Å²) in [6, 6.07) is 8.76. The van der Waals surface area contributed by atoms with Crippen molar-refractivity contribution in [2.75, 3.05) is 20.2 Å². The molecule has 4 nitrogen and oxygen atoms in total. The van der Waals surface area contributed by atoms with Gasteiger partial charge in [0.25, 0.3) is 0 Å². The second-order valence-corrected chi connectivity index (χ2v) is 5.50. The number of benzene rings is 1. The van der Waals surface area contributed by atoms with E-state index in [2.05, 4.69) is 46.8 Å². The Balaban J connectivity index is 1.74. The fraction of sp³-hybridized carbons (Fsp3) is 0.500. The highest BCUT2D eigenvalue weighted by molar-refractivity contribution is 5.80. The minimum atomic E-state index is 0.499. The van der Waals surface area contributed by atoms with E-state index >= 15 is 0 Å². The molecule has 0 radical (unpaired) electrons. The van der Waals surface area contributed by atoms with Gasteiger partial charge in [-0.25, -0.2) is 0 Å². The Hall–Kier alpha value is -1.97. The predicted octanol–water partition coefficient (Wildman–Crippen LogP) is 2.90. The number of methoxy groups -OCH3 is 1. The van der Waals surface area contributed by atoms with Crippen molar-refractivity contribution in [1.29, 1.82) is 0 Å². The number of guanidine groups is 1. The smallest absolute Gasteiger partial charge is 0.191 e. The minimum Gasteiger partial charge on any atom is -0.497 e. The van der Waals surface area contributed by atoms with Gasteiger partial charge >= 0.3 is 0 Å². The average molecular weight is 301 g/mol. The SMILES string of the molecule is CCNC(=NCCCc1ccc(OC)cc1)NC1CC=CC1. The van der Waals surface area contributed by atoms with Gasteiger partial charge in [-0.05, 0) is 50.3 Å². The van der Waals surface area contributed by atoms with Gasteiger partial charge in [0.15, 0.2) is 5.96 Å². The van der Waals surface area contributed by atoms with Gasteiger partial charge in [-0.1, -0.05) is 24.3 Å². The van der Waals surface area contributed by atoms with Crippen LogP contribution in [0, 0.1) is 0 Å². The Morgan fingerprint density at radius 3 is 2.59 bits per heavy atom. The summed E-state index contributed by atoms with van der Waals surface area (Å²) in [6.45, 7) is 3.83. The maximum absolute atomic E-state index is 5.17. The van der Waals surface area contributed by atoms with Crippen molar-refractivity contribution in [3.05, 3.63) is 42.0 Å². The molecule has 0 unspecified atom stereocenters. The van der Waals surface area contributed by atoms with Gasteiger partial charge in [0.05, 0.1) is 7.11 Å². The van der Waals surface area contributed by atoms with Crippen LogP contribution in [-0.2, 0) is 6.42 Å². The molecule has 0 aromatic heterocycles. The maximum Gasteiger partial charge on any atom is 0.191 e. The number of ether oxygens (including phenoxy) is 1. The third kappa shape index (κ3) is 5.43. The number of hydrogen-bond acceptors (Lipinski definition) is 2. The Morgan fingerprint density at radius 1 is 1.23 bits per heavy atom. The second kappa shape index (κ2) is 9.13. The highest BCUT2D eigenvalue weighted by atomic mass is 16.5. The van der Waals surface area contributed by atoms with Gasteiger partial charge in [0.1, 0.15) is 5.75 Å². The van der Waals surface area contributed by atoms with Crippen molar-refractivity contribution in [1.82, 2.24) is 10.6 Å². The summed E-state index contributed by atoms with van der Waals surface area (Å²) in [7, 11) is 1.69. The molecule has 0 bridgehead atoms. The zero-order valence-electron chi connectivity index (χ0n) is 13.6. The van der Waals surface area contributed by atoms with E-state index in [9.17, 15) is 0 Å². The van der Waals surface area contributed by atoms with Crippen LogP contribution >= 0.6 is 0 Å². The van der Waals surface area contributed by atoms with Crippen molar-refractivity contribution < 1.29 is 4.74 Å². The molecule has 0 aliphatic heterocycles. The van der Waals surface area contributed by atoms with E-state index in [1.807, 2.05) is 12.1 Å². The number of nitrogens with zero attached hydrogens (tertiary/aromatic N) is 1. The monoisotopic (exact) mass is 301 g/mol. The van der Waals surface area contributed by atoms with Crippen LogP contribution in [0.3, 0.4) is 0 Å². The van der Waals surface area contributed by atoms with E-state index in [1.54, 1.807) is 7.11 Å². The third-order valence-electron chi connectivity index (χ3n) is 3.75. The van der Waals surface area contributed by atoms with Crippen LogP contribution in [0.25, 0.3) is 0 Å². The summed E-state index contributed by atoms with van der Waals surface area (Å²) >= 11 is 0. The fourth-order valence-corrected chi connectivity index (χ4v) is 2.51. The molecule has 22 heavy (non-hydrogen) atoms. The quantitative estimate of drug-likeness (QED) is 0.352. The largest absolute Gasteiger partial charge is 0.497 e. The molecule has 0 spiro atoms. The highest BCUT2D eigenvalue weighted by Gasteiger charge is 2.11. The Bertz CT molecular complexity index is 486. The first-order valence-electron chi connectivity index (χ1n) is 8.14. The van der Waals surface area contributed by atoms with Crippen LogP contribution in [0.2, 0.25) is 0 Å². The van der Waals surface area contributed by atoms with Gasteiger partial charge < -0.3 is 15.4 Å². The summed E-state index contributed by atoms with van der Waals surface area (Å²) in [6.07, 6.45) is 8.73. The van der Waals surface area contributed by atoms with Crippen LogP contribution < -0.4 is 15.4 Å². The molecule has 1 aliphatic carbocycles. The zero-order chi connectivity index (χ0) is 15.6. The van der Waals surface area contributed by atoms with Gasteiger partial charge in [-0.3, -0.25) is 4.99 Å². The van der Waals surface area contributed by atoms with Crippen molar-refractivity contribution in [3.8, 4) is 5.75 Å². The standard InChI is InChI=1S/C18H27N3O/c1-3-19-18(21-16-8-4-5-9-16)20-14-6-7-15-10-12-17(22-2)13-11-15/h4-5,10-13,16H,3,6-9,14H2,1-2H3,(H2,19,20,21). The van der Waals surface area contributed by atoms with Gasteiger partial charge in [-0.15, -0.1) is 0 Å². The van der Waals surface area contributed by atoms with E-state index < -0.39 is 0 Å². The van der Waals surface area contributed by atoms with Crippen molar-refractivity contribution in [3.63, 3.8) is 0 Å². The molecular formula is C18H27N3O. The third-order valence-corrected chi connectivity index (χ3v) is 3.75. The van der Waals surface area contributed by atoms with Gasteiger partial charge in [-0.2, -0.15) is 0 Å². The molecule has 2 N–H and O–H groups in total. The summed E-state index contributed by atoms with van der Waals surface area (Å²) in [5, 5.41) is 6.81. The lowest BCUT2D eigenvalue weighted by molar-refractivity contribution is 0.414. The lowest BCUT2D eigenvalue weighted by Crippen LogP contribution is -2.42. The molecule has 0 saturated carbocycles. The van der Waals surface area contributed by atoms with Crippen molar-refractivity contribution in [2.45, 2.75) is 38.6 Å². The average Bonchev–Trinajstić information content (AvgIpc) is 3.05. The molecule has 0 amide bonds. The summed E-state index contributed by atoms with van der Waals surface area (Å²) in [5.41, 5.74) is 1.33. The maximum atomic E-state index is 5.17. The molecular weight excluding hydrogens is 274 g/mol. The number of aliphatic imine (C=N–C) groups is 1. The molecule has 0 saturated heterocycles. The molecule has 0 atom stereocenters. The zero-order valence-corrected chi connectivity index (χ0v) is 13.6. The first-order valence-corrected chi connectivity index (χ1v) is 8.14. The van der Waals surface area contributed by atoms with Crippen LogP contribution in [0.1, 0.15) is 31.7 Å². The number of hydrogen-bond donors (Lipinski definition) is 2. The topological polar surface area (TPSA) is 45.7 Å². The van der Waals surface area contributed by atoms with Gasteiger partial charge in [0, 0.05) is 19.1 Å². The normalized spacial score (nSPS) is 15.1.